The highest BCUT2D eigenvalue weighted by Gasteiger charge is 2.27. The van der Waals surface area contributed by atoms with Crippen molar-refractivity contribution in [2.24, 2.45) is 0 Å². The van der Waals surface area contributed by atoms with E-state index in [1.54, 1.807) is 4.68 Å². The molecule has 1 aromatic carbocycles. The van der Waals surface area contributed by atoms with E-state index in [-0.39, 0.29) is 5.88 Å². The first-order chi connectivity index (χ1) is 12.2. The maximum Gasteiger partial charge on any atom is 0.433 e. The molecule has 8 nitrogen and oxygen atoms in total. The molecular weight excluding hydrogens is 326 g/mol. The van der Waals surface area contributed by atoms with Crippen LogP contribution in [0.2, 0.25) is 0 Å². The van der Waals surface area contributed by atoms with Crippen LogP contribution in [0.3, 0.4) is 0 Å². The molecule has 8 heteroatoms. The minimum Gasteiger partial charge on any atom is -0.399 e. The number of ether oxygens (including phenoxy) is 2. The Hall–Kier alpha value is -2.97. The molecular formula is C17H15N3O5. The summed E-state index contributed by atoms with van der Waals surface area (Å²) in [5, 5.41) is 15.4. The minimum absolute atomic E-state index is 0.313. The summed E-state index contributed by atoms with van der Waals surface area (Å²) in [6.45, 7) is 1.54. The zero-order valence-corrected chi connectivity index (χ0v) is 13.2. The largest absolute Gasteiger partial charge is 0.433 e. The van der Waals surface area contributed by atoms with E-state index in [9.17, 15) is 10.1 Å². The second-order valence-electron chi connectivity index (χ2n) is 5.58. The van der Waals surface area contributed by atoms with Crippen LogP contribution in [-0.2, 0) is 16.0 Å². The molecule has 0 spiro atoms. The number of hydrogen-bond acceptors (Lipinski definition) is 6. The Kier molecular flexibility index (Phi) is 4.04. The topological polar surface area (TPSA) is 92.6 Å². The van der Waals surface area contributed by atoms with Crippen LogP contribution in [0, 0.1) is 10.1 Å². The zero-order chi connectivity index (χ0) is 17.2. The van der Waals surface area contributed by atoms with Gasteiger partial charge in [0.25, 0.3) is 0 Å². The van der Waals surface area contributed by atoms with Crippen molar-refractivity contribution >= 4 is 5.88 Å². The predicted octanol–water partition coefficient (Wildman–Crippen LogP) is 3.15. The lowest BCUT2D eigenvalue weighted by molar-refractivity contribution is -0.401. The number of hydrogen-bond donors (Lipinski definition) is 0. The summed E-state index contributed by atoms with van der Waals surface area (Å²) in [4.78, 5) is 10.3. The van der Waals surface area contributed by atoms with E-state index < -0.39 is 11.2 Å². The van der Waals surface area contributed by atoms with Gasteiger partial charge in [0.05, 0.1) is 31.4 Å². The van der Waals surface area contributed by atoms with Gasteiger partial charge in [-0.25, -0.2) is 0 Å². The summed E-state index contributed by atoms with van der Waals surface area (Å²) in [6, 6.07) is 12.7. The third-order valence-electron chi connectivity index (χ3n) is 3.86. The van der Waals surface area contributed by atoms with Gasteiger partial charge >= 0.3 is 5.88 Å². The van der Waals surface area contributed by atoms with Crippen molar-refractivity contribution in [3.63, 3.8) is 0 Å². The summed E-state index contributed by atoms with van der Waals surface area (Å²) in [5.74, 6) is -0.0144. The molecule has 0 aliphatic carbocycles. The highest BCUT2D eigenvalue weighted by molar-refractivity contribution is 5.58. The van der Waals surface area contributed by atoms with Crippen molar-refractivity contribution in [2.75, 3.05) is 13.2 Å². The van der Waals surface area contributed by atoms with Gasteiger partial charge in [-0.2, -0.15) is 5.10 Å². The van der Waals surface area contributed by atoms with Crippen LogP contribution < -0.4 is 0 Å². The quantitative estimate of drug-likeness (QED) is 0.523. The van der Waals surface area contributed by atoms with Crippen LogP contribution >= 0.6 is 0 Å². The fourth-order valence-corrected chi connectivity index (χ4v) is 2.74. The standard InChI is InChI=1S/C17H15N3O5/c21-20(22)15-7-6-14(25-15)16-13(17-23-8-9-24-17)11-19(18-16)10-12-4-2-1-3-5-12/h1-7,11,17H,8-10H2. The molecule has 0 saturated carbocycles. The molecule has 1 aliphatic heterocycles. The van der Waals surface area contributed by atoms with Crippen LogP contribution in [0.5, 0.6) is 0 Å². The van der Waals surface area contributed by atoms with E-state index in [1.165, 1.54) is 12.1 Å². The molecule has 0 radical (unpaired) electrons. The molecule has 3 heterocycles. The van der Waals surface area contributed by atoms with Crippen molar-refractivity contribution in [1.29, 1.82) is 0 Å². The Morgan fingerprint density at radius 1 is 1.16 bits per heavy atom. The molecule has 128 valence electrons. The number of rotatable bonds is 5. The lowest BCUT2D eigenvalue weighted by atomic mass is 10.2. The van der Waals surface area contributed by atoms with Gasteiger partial charge in [0.15, 0.2) is 12.1 Å². The number of aromatic nitrogens is 2. The van der Waals surface area contributed by atoms with E-state index >= 15 is 0 Å². The van der Waals surface area contributed by atoms with Crippen molar-refractivity contribution in [1.82, 2.24) is 9.78 Å². The van der Waals surface area contributed by atoms with Crippen molar-refractivity contribution in [2.45, 2.75) is 12.8 Å². The van der Waals surface area contributed by atoms with E-state index in [0.29, 0.717) is 36.8 Å². The van der Waals surface area contributed by atoms with E-state index in [0.717, 1.165) is 5.56 Å². The smallest absolute Gasteiger partial charge is 0.399 e. The van der Waals surface area contributed by atoms with Gasteiger partial charge in [0, 0.05) is 6.20 Å². The van der Waals surface area contributed by atoms with Gasteiger partial charge in [0.2, 0.25) is 0 Å². The van der Waals surface area contributed by atoms with Crippen molar-refractivity contribution in [3.8, 4) is 11.5 Å². The first-order valence-electron chi connectivity index (χ1n) is 7.80. The molecule has 0 amide bonds. The Morgan fingerprint density at radius 3 is 2.60 bits per heavy atom. The van der Waals surface area contributed by atoms with E-state index in [2.05, 4.69) is 5.10 Å². The van der Waals surface area contributed by atoms with Gasteiger partial charge in [0.1, 0.15) is 10.6 Å². The maximum absolute atomic E-state index is 10.9. The lowest BCUT2D eigenvalue weighted by Gasteiger charge is -2.07. The van der Waals surface area contributed by atoms with Gasteiger partial charge in [-0.05, 0) is 11.6 Å². The average molecular weight is 341 g/mol. The molecule has 25 heavy (non-hydrogen) atoms. The number of nitrogens with zero attached hydrogens (tertiary/aromatic N) is 3. The Labute approximate surface area is 142 Å². The normalized spacial score (nSPS) is 14.9. The van der Waals surface area contributed by atoms with Crippen LogP contribution in [0.25, 0.3) is 11.5 Å². The van der Waals surface area contributed by atoms with Gasteiger partial charge in [-0.3, -0.25) is 14.8 Å². The van der Waals surface area contributed by atoms with Crippen LogP contribution in [-0.4, -0.2) is 27.9 Å². The first kappa shape index (κ1) is 15.6. The Bertz CT molecular complexity index is 881. The minimum atomic E-state index is -0.577. The van der Waals surface area contributed by atoms with Crippen molar-refractivity contribution < 1.29 is 18.8 Å². The molecule has 0 N–H and O–H groups in total. The van der Waals surface area contributed by atoms with Crippen molar-refractivity contribution in [3.05, 3.63) is 69.9 Å². The molecule has 1 fully saturated rings. The third-order valence-corrected chi connectivity index (χ3v) is 3.86. The van der Waals surface area contributed by atoms with Gasteiger partial charge < -0.3 is 13.9 Å². The zero-order valence-electron chi connectivity index (χ0n) is 13.2. The molecule has 4 rings (SSSR count). The molecule has 2 aromatic heterocycles. The van der Waals surface area contributed by atoms with Gasteiger partial charge in [-0.1, -0.05) is 30.3 Å². The Morgan fingerprint density at radius 2 is 1.92 bits per heavy atom. The lowest BCUT2D eigenvalue weighted by Crippen LogP contribution is -2.00. The second kappa shape index (κ2) is 6.50. The van der Waals surface area contributed by atoms with Crippen LogP contribution in [0.4, 0.5) is 5.88 Å². The third kappa shape index (κ3) is 3.17. The van der Waals surface area contributed by atoms with Gasteiger partial charge in [-0.15, -0.1) is 0 Å². The SMILES string of the molecule is O=[N+]([O-])c1ccc(-c2nn(Cc3ccccc3)cc2C2OCCO2)o1. The molecule has 0 atom stereocenters. The monoisotopic (exact) mass is 341 g/mol. The summed E-state index contributed by atoms with van der Waals surface area (Å²) < 4.78 is 18.2. The summed E-state index contributed by atoms with van der Waals surface area (Å²) in [6.07, 6.45) is 1.27. The maximum atomic E-state index is 10.9. The van der Waals surface area contributed by atoms with Crippen LogP contribution in [0.1, 0.15) is 17.4 Å². The fourth-order valence-electron chi connectivity index (χ4n) is 2.74. The molecule has 1 aliphatic rings. The molecule has 1 saturated heterocycles. The van der Waals surface area contributed by atoms with E-state index in [1.807, 2.05) is 36.5 Å². The second-order valence-corrected chi connectivity index (χ2v) is 5.58. The summed E-state index contributed by atoms with van der Waals surface area (Å²) >= 11 is 0. The molecule has 3 aromatic rings. The fraction of sp³-hybridized carbons (Fsp3) is 0.235. The predicted molar refractivity (Wildman–Crippen MR) is 86.8 cm³/mol. The van der Waals surface area contributed by atoms with Crippen LogP contribution in [0.15, 0.2) is 53.1 Å². The average Bonchev–Trinajstić information content (AvgIpc) is 3.35. The number of furan rings is 1. The highest BCUT2D eigenvalue weighted by atomic mass is 16.7. The summed E-state index contributed by atoms with van der Waals surface area (Å²) in [7, 11) is 0. The highest BCUT2D eigenvalue weighted by Crippen LogP contribution is 2.34. The summed E-state index contributed by atoms with van der Waals surface area (Å²) in [5.41, 5.74) is 2.26. The molecule has 0 unspecified atom stereocenters. The van der Waals surface area contributed by atoms with E-state index in [4.69, 9.17) is 13.9 Å². The number of nitro groups is 1. The first-order valence-corrected chi connectivity index (χ1v) is 7.80. The Balaban J connectivity index is 1.71. The number of benzene rings is 1. The molecule has 0 bridgehead atoms.